The molecule has 0 fully saturated rings. The van der Waals surface area contributed by atoms with Gasteiger partial charge in [-0.2, -0.15) is 0 Å². The zero-order valence-electron chi connectivity index (χ0n) is 11.6. The molecule has 0 heterocycles. The van der Waals surface area contributed by atoms with E-state index in [9.17, 15) is 4.39 Å². The first kappa shape index (κ1) is 15.0. The van der Waals surface area contributed by atoms with E-state index in [0.29, 0.717) is 5.75 Å². The maximum Gasteiger partial charge on any atom is 0.126 e. The van der Waals surface area contributed by atoms with Gasteiger partial charge in [-0.05, 0) is 38.4 Å². The molecule has 0 aromatic heterocycles. The number of rotatable bonds is 8. The minimum absolute atomic E-state index is 0.0483. The first-order valence-electron chi connectivity index (χ1n) is 6.77. The highest BCUT2D eigenvalue weighted by molar-refractivity contribution is 5.32. The molecular formula is C15H24FNO. The van der Waals surface area contributed by atoms with Crippen molar-refractivity contribution in [3.05, 3.63) is 29.6 Å². The van der Waals surface area contributed by atoms with Gasteiger partial charge in [0.25, 0.3) is 0 Å². The SMILES string of the molecule is CCCCCNCC(C)Oc1cc(F)ccc1C. The third-order valence-electron chi connectivity index (χ3n) is 2.87. The van der Waals surface area contributed by atoms with Gasteiger partial charge in [-0.15, -0.1) is 0 Å². The number of aryl methyl sites for hydroxylation is 1. The summed E-state index contributed by atoms with van der Waals surface area (Å²) < 4.78 is 18.8. The zero-order chi connectivity index (χ0) is 13.4. The van der Waals surface area contributed by atoms with Crippen LogP contribution in [0.4, 0.5) is 4.39 Å². The predicted octanol–water partition coefficient (Wildman–Crippen LogP) is 3.68. The number of hydrogen-bond donors (Lipinski definition) is 1. The fraction of sp³-hybridized carbons (Fsp3) is 0.600. The molecule has 1 aromatic rings. The van der Waals surface area contributed by atoms with Gasteiger partial charge in [0.1, 0.15) is 17.7 Å². The number of nitrogens with one attached hydrogen (secondary N) is 1. The van der Waals surface area contributed by atoms with Crippen molar-refractivity contribution in [1.29, 1.82) is 0 Å². The van der Waals surface area contributed by atoms with E-state index < -0.39 is 0 Å². The fourth-order valence-corrected chi connectivity index (χ4v) is 1.76. The highest BCUT2D eigenvalue weighted by atomic mass is 19.1. The minimum atomic E-state index is -0.251. The molecule has 0 spiro atoms. The van der Waals surface area contributed by atoms with Crippen LogP contribution in [-0.2, 0) is 0 Å². The Morgan fingerprint density at radius 1 is 1.33 bits per heavy atom. The molecule has 18 heavy (non-hydrogen) atoms. The maximum atomic E-state index is 13.1. The first-order chi connectivity index (χ1) is 8.63. The Balaban J connectivity index is 2.30. The molecule has 3 heteroatoms. The van der Waals surface area contributed by atoms with Gasteiger partial charge in [-0.3, -0.25) is 0 Å². The van der Waals surface area contributed by atoms with E-state index in [-0.39, 0.29) is 11.9 Å². The van der Waals surface area contributed by atoms with Crippen LogP contribution >= 0.6 is 0 Å². The van der Waals surface area contributed by atoms with Crippen molar-refractivity contribution in [3.63, 3.8) is 0 Å². The number of halogens is 1. The topological polar surface area (TPSA) is 21.3 Å². The van der Waals surface area contributed by atoms with Gasteiger partial charge in [0, 0.05) is 12.6 Å². The second kappa shape index (κ2) is 8.09. The van der Waals surface area contributed by atoms with E-state index >= 15 is 0 Å². The Morgan fingerprint density at radius 3 is 2.83 bits per heavy atom. The fourth-order valence-electron chi connectivity index (χ4n) is 1.76. The van der Waals surface area contributed by atoms with Crippen molar-refractivity contribution in [1.82, 2.24) is 5.32 Å². The number of ether oxygens (including phenoxy) is 1. The zero-order valence-corrected chi connectivity index (χ0v) is 11.6. The van der Waals surface area contributed by atoms with Crippen molar-refractivity contribution in [2.45, 2.75) is 46.1 Å². The van der Waals surface area contributed by atoms with Crippen LogP contribution in [0.5, 0.6) is 5.75 Å². The van der Waals surface area contributed by atoms with Crippen molar-refractivity contribution < 1.29 is 9.13 Å². The molecule has 0 amide bonds. The minimum Gasteiger partial charge on any atom is -0.489 e. The van der Waals surface area contributed by atoms with Gasteiger partial charge >= 0.3 is 0 Å². The number of benzene rings is 1. The van der Waals surface area contributed by atoms with Crippen LogP contribution in [0.25, 0.3) is 0 Å². The van der Waals surface area contributed by atoms with Crippen molar-refractivity contribution in [2.75, 3.05) is 13.1 Å². The van der Waals surface area contributed by atoms with Gasteiger partial charge < -0.3 is 10.1 Å². The van der Waals surface area contributed by atoms with Crippen LogP contribution < -0.4 is 10.1 Å². The normalized spacial score (nSPS) is 12.4. The van der Waals surface area contributed by atoms with E-state index in [1.54, 1.807) is 6.07 Å². The molecule has 2 nitrogen and oxygen atoms in total. The van der Waals surface area contributed by atoms with E-state index in [0.717, 1.165) is 18.7 Å². The highest BCUT2D eigenvalue weighted by Crippen LogP contribution is 2.19. The third kappa shape index (κ3) is 5.50. The molecule has 0 aliphatic rings. The maximum absolute atomic E-state index is 13.1. The summed E-state index contributed by atoms with van der Waals surface area (Å²) >= 11 is 0. The van der Waals surface area contributed by atoms with E-state index in [1.165, 1.54) is 31.4 Å². The largest absolute Gasteiger partial charge is 0.489 e. The lowest BCUT2D eigenvalue weighted by atomic mass is 10.2. The predicted molar refractivity (Wildman–Crippen MR) is 73.6 cm³/mol. The highest BCUT2D eigenvalue weighted by Gasteiger charge is 2.07. The monoisotopic (exact) mass is 253 g/mol. The summed E-state index contributed by atoms with van der Waals surface area (Å²) in [6, 6.07) is 4.64. The molecule has 102 valence electrons. The van der Waals surface area contributed by atoms with Crippen LogP contribution in [-0.4, -0.2) is 19.2 Å². The Kier molecular flexibility index (Phi) is 6.73. The van der Waals surface area contributed by atoms with Crippen molar-refractivity contribution >= 4 is 0 Å². The van der Waals surface area contributed by atoms with Gasteiger partial charge in [0.2, 0.25) is 0 Å². The molecule has 0 radical (unpaired) electrons. The average molecular weight is 253 g/mol. The van der Waals surface area contributed by atoms with Gasteiger partial charge in [0.15, 0.2) is 0 Å². The van der Waals surface area contributed by atoms with Gasteiger partial charge in [-0.25, -0.2) is 4.39 Å². The van der Waals surface area contributed by atoms with Crippen molar-refractivity contribution in [2.24, 2.45) is 0 Å². The molecule has 1 rings (SSSR count). The molecule has 0 saturated carbocycles. The quantitative estimate of drug-likeness (QED) is 0.714. The molecule has 1 unspecified atom stereocenters. The molecule has 0 aliphatic carbocycles. The summed E-state index contributed by atoms with van der Waals surface area (Å²) in [6.45, 7) is 7.93. The number of unbranched alkanes of at least 4 members (excludes halogenated alkanes) is 2. The van der Waals surface area contributed by atoms with Gasteiger partial charge in [0.05, 0.1) is 0 Å². The summed E-state index contributed by atoms with van der Waals surface area (Å²) in [5.41, 5.74) is 0.967. The molecule has 0 aliphatic heterocycles. The lowest BCUT2D eigenvalue weighted by molar-refractivity contribution is 0.215. The molecule has 1 N–H and O–H groups in total. The lowest BCUT2D eigenvalue weighted by Crippen LogP contribution is -2.29. The Morgan fingerprint density at radius 2 is 2.11 bits per heavy atom. The Bertz CT molecular complexity index is 354. The second-order valence-corrected chi connectivity index (χ2v) is 4.75. The first-order valence-corrected chi connectivity index (χ1v) is 6.77. The van der Waals surface area contributed by atoms with Crippen LogP contribution in [0.2, 0.25) is 0 Å². The smallest absolute Gasteiger partial charge is 0.126 e. The van der Waals surface area contributed by atoms with Crippen LogP contribution in [0.1, 0.15) is 38.7 Å². The molecule has 1 aromatic carbocycles. The second-order valence-electron chi connectivity index (χ2n) is 4.75. The molecule has 1 atom stereocenters. The van der Waals surface area contributed by atoms with Crippen LogP contribution in [0.3, 0.4) is 0 Å². The van der Waals surface area contributed by atoms with Crippen LogP contribution in [0.15, 0.2) is 18.2 Å². The van der Waals surface area contributed by atoms with Crippen molar-refractivity contribution in [3.8, 4) is 5.75 Å². The summed E-state index contributed by atoms with van der Waals surface area (Å²) in [4.78, 5) is 0. The summed E-state index contributed by atoms with van der Waals surface area (Å²) in [5.74, 6) is 0.386. The van der Waals surface area contributed by atoms with Gasteiger partial charge in [-0.1, -0.05) is 25.8 Å². The third-order valence-corrected chi connectivity index (χ3v) is 2.87. The molecular weight excluding hydrogens is 229 g/mol. The summed E-state index contributed by atoms with van der Waals surface area (Å²) in [5, 5.41) is 3.36. The van der Waals surface area contributed by atoms with E-state index in [4.69, 9.17) is 4.74 Å². The summed E-state index contributed by atoms with van der Waals surface area (Å²) in [7, 11) is 0. The molecule has 0 saturated heterocycles. The van der Waals surface area contributed by atoms with E-state index in [1.807, 2.05) is 13.8 Å². The average Bonchev–Trinajstić information content (AvgIpc) is 2.33. The standard InChI is InChI=1S/C15H24FNO/c1-4-5-6-9-17-11-13(3)18-15-10-14(16)8-7-12(15)2/h7-8,10,13,17H,4-6,9,11H2,1-3H3. The number of hydrogen-bond acceptors (Lipinski definition) is 2. The van der Waals surface area contributed by atoms with Crippen LogP contribution in [0, 0.1) is 12.7 Å². The molecule has 0 bridgehead atoms. The summed E-state index contributed by atoms with van der Waals surface area (Å²) in [6.07, 6.45) is 3.73. The Labute approximate surface area is 110 Å². The Hall–Kier alpha value is -1.09. The lowest BCUT2D eigenvalue weighted by Gasteiger charge is -2.17. The van der Waals surface area contributed by atoms with E-state index in [2.05, 4.69) is 12.2 Å².